The first-order valence-corrected chi connectivity index (χ1v) is 10.7. The Labute approximate surface area is 191 Å². The van der Waals surface area contributed by atoms with Crippen molar-refractivity contribution in [2.75, 3.05) is 7.11 Å². The summed E-state index contributed by atoms with van der Waals surface area (Å²) in [6, 6.07) is 23.5. The number of pyridine rings is 1. The molecule has 1 amide bonds. The number of hydrogen-bond acceptors (Lipinski definition) is 4. The summed E-state index contributed by atoms with van der Waals surface area (Å²) < 4.78 is 9.28. The summed E-state index contributed by atoms with van der Waals surface area (Å²) in [6.45, 7) is 1.05. The molecule has 0 saturated heterocycles. The van der Waals surface area contributed by atoms with E-state index in [4.69, 9.17) is 4.74 Å². The van der Waals surface area contributed by atoms with Crippen LogP contribution in [0.3, 0.4) is 0 Å². The van der Waals surface area contributed by atoms with Crippen molar-refractivity contribution in [3.63, 3.8) is 0 Å². The lowest BCUT2D eigenvalue weighted by Crippen LogP contribution is -2.23. The van der Waals surface area contributed by atoms with Crippen molar-refractivity contribution in [3.05, 3.63) is 108 Å². The number of rotatable bonds is 7. The number of aromatic nitrogens is 4. The van der Waals surface area contributed by atoms with Crippen molar-refractivity contribution >= 4 is 11.4 Å². The van der Waals surface area contributed by atoms with Gasteiger partial charge in [0.1, 0.15) is 11.4 Å². The minimum Gasteiger partial charge on any atom is -0.496 e. The normalized spacial score (nSPS) is 10.9. The molecule has 7 heteroatoms. The average Bonchev–Trinajstić information content (AvgIpc) is 3.48. The summed E-state index contributed by atoms with van der Waals surface area (Å²) in [5.41, 5.74) is 3.87. The van der Waals surface area contributed by atoms with Gasteiger partial charge in [-0.3, -0.25) is 9.20 Å². The second kappa shape index (κ2) is 9.00. The van der Waals surface area contributed by atoms with Gasteiger partial charge in [-0.05, 0) is 23.8 Å². The Balaban J connectivity index is 1.42. The Kier molecular flexibility index (Phi) is 5.59. The van der Waals surface area contributed by atoms with Crippen LogP contribution in [0.1, 0.15) is 21.6 Å². The Morgan fingerprint density at radius 1 is 1.00 bits per heavy atom. The fraction of sp³-hybridized carbons (Fsp3) is 0.115. The van der Waals surface area contributed by atoms with Gasteiger partial charge in [0.15, 0.2) is 11.5 Å². The second-order valence-electron chi connectivity index (χ2n) is 7.65. The Hall–Kier alpha value is -4.39. The number of benzene rings is 2. The molecule has 1 N–H and O–H groups in total. The maximum atomic E-state index is 13.1. The number of carbonyl (C=O) groups excluding carboxylic acids is 1. The monoisotopic (exact) mass is 437 g/mol. The molecule has 33 heavy (non-hydrogen) atoms. The van der Waals surface area contributed by atoms with Crippen molar-refractivity contribution in [1.29, 1.82) is 0 Å². The number of fused-ring (bicyclic) bond motifs is 1. The van der Waals surface area contributed by atoms with E-state index in [-0.39, 0.29) is 5.91 Å². The van der Waals surface area contributed by atoms with Gasteiger partial charge >= 0.3 is 0 Å². The molecule has 0 aliphatic carbocycles. The SMILES string of the molecule is COc1ccccc1CNC(=O)c1nc(-c2cn(Cc3ccccc3)cn2)n2ccccc12. The van der Waals surface area contributed by atoms with Gasteiger partial charge in [-0.2, -0.15) is 0 Å². The largest absolute Gasteiger partial charge is 0.496 e. The molecule has 3 heterocycles. The van der Waals surface area contributed by atoms with E-state index in [2.05, 4.69) is 27.4 Å². The summed E-state index contributed by atoms with van der Waals surface area (Å²) in [5, 5.41) is 2.96. The Morgan fingerprint density at radius 2 is 1.79 bits per heavy atom. The minimum atomic E-state index is -0.250. The zero-order chi connectivity index (χ0) is 22.6. The van der Waals surface area contributed by atoms with Gasteiger partial charge < -0.3 is 14.6 Å². The number of ether oxygens (including phenoxy) is 1. The summed E-state index contributed by atoms with van der Waals surface area (Å²) >= 11 is 0. The third-order valence-corrected chi connectivity index (χ3v) is 5.47. The number of methoxy groups -OCH3 is 1. The highest BCUT2D eigenvalue weighted by atomic mass is 16.5. The summed E-state index contributed by atoms with van der Waals surface area (Å²) in [6.07, 6.45) is 5.63. The molecule has 0 aliphatic heterocycles. The van der Waals surface area contributed by atoms with Crippen LogP contribution in [0.4, 0.5) is 0 Å². The number of nitrogens with one attached hydrogen (secondary N) is 1. The molecule has 3 aromatic heterocycles. The third-order valence-electron chi connectivity index (χ3n) is 5.47. The first-order chi connectivity index (χ1) is 16.2. The molecule has 0 unspecified atom stereocenters. The molecular weight excluding hydrogens is 414 g/mol. The zero-order valence-corrected chi connectivity index (χ0v) is 18.2. The maximum Gasteiger partial charge on any atom is 0.272 e. The highest BCUT2D eigenvalue weighted by molar-refractivity contribution is 5.99. The first-order valence-electron chi connectivity index (χ1n) is 10.7. The summed E-state index contributed by atoms with van der Waals surface area (Å²) in [7, 11) is 1.62. The topological polar surface area (TPSA) is 73.4 Å². The van der Waals surface area contributed by atoms with Crippen molar-refractivity contribution < 1.29 is 9.53 Å². The standard InChI is InChI=1S/C26H23N5O2/c1-33-23-13-6-5-11-20(23)15-27-26(32)24-22-12-7-8-14-31(22)25(29-24)21-17-30(18-28-21)16-19-9-3-2-4-10-19/h2-14,17-18H,15-16H2,1H3,(H,27,32). The Bertz CT molecular complexity index is 1400. The number of nitrogens with zero attached hydrogens (tertiary/aromatic N) is 4. The van der Waals surface area contributed by atoms with Crippen LogP contribution in [0.5, 0.6) is 5.75 Å². The second-order valence-corrected chi connectivity index (χ2v) is 7.65. The molecule has 164 valence electrons. The van der Waals surface area contributed by atoms with Gasteiger partial charge in [-0.1, -0.05) is 54.6 Å². The van der Waals surface area contributed by atoms with Gasteiger partial charge in [-0.25, -0.2) is 9.97 Å². The van der Waals surface area contributed by atoms with Crippen LogP contribution < -0.4 is 10.1 Å². The first kappa shape index (κ1) is 20.5. The van der Waals surface area contributed by atoms with E-state index >= 15 is 0 Å². The zero-order valence-electron chi connectivity index (χ0n) is 18.2. The van der Waals surface area contributed by atoms with Crippen LogP contribution >= 0.6 is 0 Å². The fourth-order valence-corrected chi connectivity index (χ4v) is 3.85. The molecule has 0 atom stereocenters. The molecule has 0 aliphatic rings. The molecule has 5 rings (SSSR count). The smallest absolute Gasteiger partial charge is 0.272 e. The van der Waals surface area contributed by atoms with Crippen LogP contribution in [-0.4, -0.2) is 32.0 Å². The molecule has 5 aromatic rings. The maximum absolute atomic E-state index is 13.1. The average molecular weight is 438 g/mol. The number of imidazole rings is 2. The third kappa shape index (κ3) is 4.21. The van der Waals surface area contributed by atoms with Crippen molar-refractivity contribution in [3.8, 4) is 17.3 Å². The van der Waals surface area contributed by atoms with E-state index in [9.17, 15) is 4.79 Å². The molecule has 2 aromatic carbocycles. The lowest BCUT2D eigenvalue weighted by Gasteiger charge is -2.08. The quantitative estimate of drug-likeness (QED) is 0.415. The molecule has 0 spiro atoms. The summed E-state index contributed by atoms with van der Waals surface area (Å²) in [4.78, 5) is 22.3. The van der Waals surface area contributed by atoms with Gasteiger partial charge in [0.25, 0.3) is 5.91 Å². The molecule has 0 bridgehead atoms. The molecule has 0 radical (unpaired) electrons. The molecular formula is C26H23N5O2. The van der Waals surface area contributed by atoms with E-state index in [1.165, 1.54) is 5.56 Å². The van der Waals surface area contributed by atoms with Crippen LogP contribution in [0.25, 0.3) is 17.0 Å². The van der Waals surface area contributed by atoms with Crippen molar-refractivity contribution in [2.24, 2.45) is 0 Å². The number of amides is 1. The number of hydrogen-bond donors (Lipinski definition) is 1. The highest BCUT2D eigenvalue weighted by Crippen LogP contribution is 2.22. The van der Waals surface area contributed by atoms with Crippen LogP contribution in [0, 0.1) is 0 Å². The molecule has 7 nitrogen and oxygen atoms in total. The molecule has 0 saturated carbocycles. The van der Waals surface area contributed by atoms with E-state index in [1.807, 2.05) is 82.0 Å². The predicted octanol–water partition coefficient (Wildman–Crippen LogP) is 4.18. The van der Waals surface area contributed by atoms with Crippen LogP contribution in [0.2, 0.25) is 0 Å². The van der Waals surface area contributed by atoms with E-state index < -0.39 is 0 Å². The fourth-order valence-electron chi connectivity index (χ4n) is 3.85. The van der Waals surface area contributed by atoms with Crippen LogP contribution in [-0.2, 0) is 13.1 Å². The molecule has 0 fully saturated rings. The van der Waals surface area contributed by atoms with Gasteiger partial charge in [-0.15, -0.1) is 0 Å². The Morgan fingerprint density at radius 3 is 2.64 bits per heavy atom. The lowest BCUT2D eigenvalue weighted by atomic mass is 10.2. The highest BCUT2D eigenvalue weighted by Gasteiger charge is 2.20. The predicted molar refractivity (Wildman–Crippen MR) is 126 cm³/mol. The van der Waals surface area contributed by atoms with Gasteiger partial charge in [0.05, 0.1) is 19.0 Å². The number of para-hydroxylation sites is 1. The van der Waals surface area contributed by atoms with E-state index in [0.29, 0.717) is 30.3 Å². The summed E-state index contributed by atoms with van der Waals surface area (Å²) in [5.74, 6) is 1.11. The van der Waals surface area contributed by atoms with Crippen LogP contribution in [0.15, 0.2) is 91.5 Å². The van der Waals surface area contributed by atoms with Crippen molar-refractivity contribution in [1.82, 2.24) is 24.3 Å². The van der Waals surface area contributed by atoms with Crippen molar-refractivity contribution in [2.45, 2.75) is 13.1 Å². The lowest BCUT2D eigenvalue weighted by molar-refractivity contribution is 0.0948. The van der Waals surface area contributed by atoms with Gasteiger partial charge in [0.2, 0.25) is 0 Å². The van der Waals surface area contributed by atoms with E-state index in [0.717, 1.165) is 16.8 Å². The van der Waals surface area contributed by atoms with Gasteiger partial charge in [0, 0.05) is 31.0 Å². The number of carbonyl (C=O) groups is 1. The van der Waals surface area contributed by atoms with E-state index in [1.54, 1.807) is 13.4 Å². The minimum absolute atomic E-state index is 0.250.